The monoisotopic (exact) mass is 699 g/mol. The highest BCUT2D eigenvalue weighted by Gasteiger charge is 2.15. The number of benzene rings is 6. The minimum absolute atomic E-state index is 0.542. The first-order valence-electron chi connectivity index (χ1n) is 17.1. The summed E-state index contributed by atoms with van der Waals surface area (Å²) >= 11 is 0. The maximum atomic E-state index is 9.19. The molecule has 9 nitrogen and oxygen atoms in total. The lowest BCUT2D eigenvalue weighted by Crippen LogP contribution is -2.09. The second kappa shape index (κ2) is 15.2. The van der Waals surface area contributed by atoms with E-state index in [9.17, 15) is 15.8 Å². The molecule has 0 unspecified atom stereocenters. The van der Waals surface area contributed by atoms with Gasteiger partial charge in [-0.05, 0) is 146 Å². The molecule has 258 valence electrons. The molecule has 9 heteroatoms. The van der Waals surface area contributed by atoms with Crippen LogP contribution >= 0.6 is 0 Å². The van der Waals surface area contributed by atoms with E-state index in [0.29, 0.717) is 34.2 Å². The molecule has 0 N–H and O–H groups in total. The summed E-state index contributed by atoms with van der Waals surface area (Å²) in [6, 6.07) is 53.1. The van der Waals surface area contributed by atoms with E-state index in [1.54, 1.807) is 0 Å². The lowest BCUT2D eigenvalue weighted by atomic mass is 10.1. The minimum Gasteiger partial charge on any atom is -0.345 e. The third-order valence-corrected chi connectivity index (χ3v) is 9.32. The van der Waals surface area contributed by atoms with E-state index in [1.165, 1.54) is 0 Å². The van der Waals surface area contributed by atoms with Gasteiger partial charge in [-0.25, -0.2) is 15.0 Å². The van der Waals surface area contributed by atoms with E-state index in [-0.39, 0.29) is 0 Å². The van der Waals surface area contributed by atoms with Gasteiger partial charge >= 0.3 is 0 Å². The molecule has 0 saturated carbocycles. The van der Waals surface area contributed by atoms with Crippen LogP contribution in [0, 0.1) is 34.0 Å². The molecule has 1 heterocycles. The first-order chi connectivity index (χ1) is 26.3. The number of rotatable bonds is 9. The third-order valence-electron chi connectivity index (χ3n) is 9.32. The quantitative estimate of drug-likeness (QED) is 0.145. The molecule has 0 amide bonds. The number of hydrogen-bond donors (Lipinski definition) is 0. The number of hydrogen-bond acceptors (Lipinski definition) is 9. The number of nitrogens with zero attached hydrogens (tertiary/aromatic N) is 9. The molecule has 6 aromatic carbocycles. The van der Waals surface area contributed by atoms with Gasteiger partial charge in [-0.2, -0.15) is 15.8 Å². The van der Waals surface area contributed by atoms with Crippen LogP contribution in [0.15, 0.2) is 146 Å². The van der Waals surface area contributed by atoms with Gasteiger partial charge in [0.1, 0.15) is 0 Å². The SMILES string of the molecule is CN(c1ccc(C#N)cc1)c1ccc(-c2nc(-c3ccc(N(C)c4ccc(C#N)cc4)cc3)nc(-c3ccc(N(C)c4ccc(C#N)cc4)cc3)n2)cc1. The van der Waals surface area contributed by atoms with Gasteiger partial charge in [-0.15, -0.1) is 0 Å². The lowest BCUT2D eigenvalue weighted by Gasteiger charge is -2.20. The summed E-state index contributed by atoms with van der Waals surface area (Å²) in [5, 5.41) is 27.6. The van der Waals surface area contributed by atoms with Crippen LogP contribution in [0.1, 0.15) is 16.7 Å². The molecule has 0 aliphatic rings. The zero-order chi connectivity index (χ0) is 37.6. The molecule has 0 aliphatic carbocycles. The van der Waals surface area contributed by atoms with Gasteiger partial charge in [0.2, 0.25) is 0 Å². The van der Waals surface area contributed by atoms with Crippen molar-refractivity contribution in [1.82, 2.24) is 15.0 Å². The van der Waals surface area contributed by atoms with Crippen molar-refractivity contribution >= 4 is 34.1 Å². The summed E-state index contributed by atoms with van der Waals surface area (Å²) in [5.41, 5.74) is 10.2. The Balaban J connectivity index is 1.22. The first-order valence-corrected chi connectivity index (χ1v) is 17.1. The smallest absolute Gasteiger partial charge is 0.164 e. The highest BCUT2D eigenvalue weighted by atomic mass is 15.1. The second-order valence-electron chi connectivity index (χ2n) is 12.6. The molecule has 0 aliphatic heterocycles. The van der Waals surface area contributed by atoms with Gasteiger partial charge in [0, 0.05) is 72.0 Å². The van der Waals surface area contributed by atoms with Gasteiger partial charge in [0.05, 0.1) is 34.9 Å². The van der Waals surface area contributed by atoms with Gasteiger partial charge in [0.15, 0.2) is 17.5 Å². The molecule has 0 atom stereocenters. The molecular formula is C45H33N9. The Bertz CT molecular complexity index is 2230. The van der Waals surface area contributed by atoms with Gasteiger partial charge < -0.3 is 14.7 Å². The van der Waals surface area contributed by atoms with Crippen LogP contribution in [0.2, 0.25) is 0 Å². The first kappa shape index (κ1) is 34.6. The fourth-order valence-electron chi connectivity index (χ4n) is 5.99. The van der Waals surface area contributed by atoms with Crippen LogP contribution in [-0.2, 0) is 0 Å². The van der Waals surface area contributed by atoms with E-state index in [0.717, 1.165) is 50.8 Å². The second-order valence-corrected chi connectivity index (χ2v) is 12.6. The van der Waals surface area contributed by atoms with E-state index in [4.69, 9.17) is 15.0 Å². The standard InChI is InChI=1S/C45H33N9/c1-52(37-16-4-31(28-46)5-17-37)40-22-10-34(11-23-40)43-49-44(35-12-24-41(25-13-35)53(2)38-18-6-32(29-47)7-19-38)51-45(50-43)36-14-26-42(27-15-36)54(3)39-20-8-33(30-48)9-21-39/h4-27H,1-3H3. The van der Waals surface area contributed by atoms with Crippen LogP contribution in [-0.4, -0.2) is 36.1 Å². The maximum Gasteiger partial charge on any atom is 0.164 e. The Morgan fingerprint density at radius 2 is 0.500 bits per heavy atom. The van der Waals surface area contributed by atoms with Crippen LogP contribution in [0.5, 0.6) is 0 Å². The van der Waals surface area contributed by atoms with Crippen molar-refractivity contribution < 1.29 is 0 Å². The molecule has 54 heavy (non-hydrogen) atoms. The van der Waals surface area contributed by atoms with Crippen molar-refractivity contribution in [2.24, 2.45) is 0 Å². The van der Waals surface area contributed by atoms with Gasteiger partial charge in [0.25, 0.3) is 0 Å². The predicted octanol–water partition coefficient (Wildman–Crippen LogP) is 9.79. The van der Waals surface area contributed by atoms with E-state index in [2.05, 4.69) is 32.9 Å². The maximum absolute atomic E-state index is 9.19. The number of anilines is 6. The number of nitriles is 3. The highest BCUT2D eigenvalue weighted by Crippen LogP contribution is 2.32. The van der Waals surface area contributed by atoms with E-state index >= 15 is 0 Å². The largest absolute Gasteiger partial charge is 0.345 e. The molecule has 1 aromatic heterocycles. The summed E-state index contributed by atoms with van der Waals surface area (Å²) in [7, 11) is 5.96. The molecular weight excluding hydrogens is 667 g/mol. The van der Waals surface area contributed by atoms with E-state index < -0.39 is 0 Å². The molecule has 0 radical (unpaired) electrons. The number of aromatic nitrogens is 3. The van der Waals surface area contributed by atoms with Crippen LogP contribution in [0.25, 0.3) is 34.2 Å². The van der Waals surface area contributed by atoms with Crippen molar-refractivity contribution in [2.75, 3.05) is 35.8 Å². The Morgan fingerprint density at radius 1 is 0.315 bits per heavy atom. The predicted molar refractivity (Wildman–Crippen MR) is 214 cm³/mol. The minimum atomic E-state index is 0.542. The molecule has 7 aromatic rings. The normalized spacial score (nSPS) is 10.4. The Morgan fingerprint density at radius 3 is 0.685 bits per heavy atom. The summed E-state index contributed by atoms with van der Waals surface area (Å²) in [5.74, 6) is 1.63. The molecule has 0 bridgehead atoms. The third kappa shape index (κ3) is 7.31. The van der Waals surface area contributed by atoms with Gasteiger partial charge in [-0.3, -0.25) is 0 Å². The fraction of sp³-hybridized carbons (Fsp3) is 0.0667. The average molecular weight is 700 g/mol. The topological polar surface area (TPSA) is 120 Å². The molecule has 0 saturated heterocycles. The van der Waals surface area contributed by atoms with Crippen molar-refractivity contribution in [2.45, 2.75) is 0 Å². The summed E-state index contributed by atoms with van der Waals surface area (Å²) in [4.78, 5) is 21.1. The zero-order valence-electron chi connectivity index (χ0n) is 29.9. The summed E-state index contributed by atoms with van der Waals surface area (Å²) < 4.78 is 0. The van der Waals surface area contributed by atoms with Crippen LogP contribution in [0.4, 0.5) is 34.1 Å². The lowest BCUT2D eigenvalue weighted by molar-refractivity contribution is 1.07. The Kier molecular flexibility index (Phi) is 9.76. The molecule has 0 spiro atoms. The van der Waals surface area contributed by atoms with E-state index in [1.807, 2.05) is 167 Å². The molecule has 0 fully saturated rings. The average Bonchev–Trinajstić information content (AvgIpc) is 3.25. The van der Waals surface area contributed by atoms with Crippen molar-refractivity contribution in [3.8, 4) is 52.4 Å². The van der Waals surface area contributed by atoms with Crippen LogP contribution in [0.3, 0.4) is 0 Å². The zero-order valence-corrected chi connectivity index (χ0v) is 29.9. The van der Waals surface area contributed by atoms with Crippen molar-refractivity contribution in [3.63, 3.8) is 0 Å². The van der Waals surface area contributed by atoms with Crippen LogP contribution < -0.4 is 14.7 Å². The highest BCUT2D eigenvalue weighted by molar-refractivity contribution is 5.73. The van der Waals surface area contributed by atoms with Crippen molar-refractivity contribution in [1.29, 1.82) is 15.8 Å². The van der Waals surface area contributed by atoms with Gasteiger partial charge in [-0.1, -0.05) is 0 Å². The Hall–Kier alpha value is -7.80. The summed E-state index contributed by atoms with van der Waals surface area (Å²) in [6.07, 6.45) is 0. The van der Waals surface area contributed by atoms with Crippen molar-refractivity contribution in [3.05, 3.63) is 162 Å². The molecule has 7 rings (SSSR count). The summed E-state index contributed by atoms with van der Waals surface area (Å²) in [6.45, 7) is 0. The Labute approximate surface area is 314 Å². The fourth-order valence-corrected chi connectivity index (χ4v) is 5.99.